The van der Waals surface area contributed by atoms with Crippen LogP contribution >= 0.6 is 0 Å². The highest BCUT2D eigenvalue weighted by Crippen LogP contribution is 2.11. The molecule has 0 saturated heterocycles. The number of esters is 1. The largest absolute Gasteiger partial charge is 0.504 e. The SMILES string of the molecule is CCOC(=O)C(=O)/C=C(\O)c1ccco1. The summed E-state index contributed by atoms with van der Waals surface area (Å²) in [5, 5.41) is 9.34. The lowest BCUT2D eigenvalue weighted by Gasteiger charge is -1.97. The molecule has 0 aliphatic heterocycles. The van der Waals surface area contributed by atoms with Crippen molar-refractivity contribution in [3.05, 3.63) is 30.2 Å². The van der Waals surface area contributed by atoms with Crippen molar-refractivity contribution < 1.29 is 23.8 Å². The van der Waals surface area contributed by atoms with Gasteiger partial charge in [-0.25, -0.2) is 4.79 Å². The summed E-state index contributed by atoms with van der Waals surface area (Å²) >= 11 is 0. The zero-order chi connectivity index (χ0) is 11.3. The maximum atomic E-state index is 11.1. The molecule has 5 heteroatoms. The van der Waals surface area contributed by atoms with Crippen molar-refractivity contribution >= 4 is 17.5 Å². The molecule has 0 unspecified atom stereocenters. The Morgan fingerprint density at radius 2 is 2.33 bits per heavy atom. The van der Waals surface area contributed by atoms with Crippen LogP contribution in [0.4, 0.5) is 0 Å². The minimum Gasteiger partial charge on any atom is -0.504 e. The topological polar surface area (TPSA) is 76.7 Å². The molecule has 0 saturated carbocycles. The monoisotopic (exact) mass is 210 g/mol. The van der Waals surface area contributed by atoms with Gasteiger partial charge in [0.15, 0.2) is 11.5 Å². The molecule has 0 bridgehead atoms. The van der Waals surface area contributed by atoms with Crippen LogP contribution in [-0.4, -0.2) is 23.5 Å². The summed E-state index contributed by atoms with van der Waals surface area (Å²) in [5.74, 6) is -2.22. The molecule has 15 heavy (non-hydrogen) atoms. The number of rotatable bonds is 4. The van der Waals surface area contributed by atoms with Gasteiger partial charge in [-0.2, -0.15) is 0 Å². The summed E-state index contributed by atoms with van der Waals surface area (Å²) in [6.07, 6.45) is 2.10. The Morgan fingerprint density at radius 3 is 2.87 bits per heavy atom. The molecule has 5 nitrogen and oxygen atoms in total. The lowest BCUT2D eigenvalue weighted by Crippen LogP contribution is -2.15. The maximum Gasteiger partial charge on any atom is 0.379 e. The van der Waals surface area contributed by atoms with E-state index in [4.69, 9.17) is 4.42 Å². The Hall–Kier alpha value is -2.04. The second-order valence-electron chi connectivity index (χ2n) is 2.59. The highest BCUT2D eigenvalue weighted by atomic mass is 16.5. The third-order valence-corrected chi connectivity index (χ3v) is 1.52. The van der Waals surface area contributed by atoms with Crippen LogP contribution in [0.15, 0.2) is 28.9 Å². The molecule has 0 radical (unpaired) electrons. The zero-order valence-electron chi connectivity index (χ0n) is 8.10. The van der Waals surface area contributed by atoms with Crippen molar-refractivity contribution in [2.75, 3.05) is 6.61 Å². The first kappa shape index (κ1) is 11.0. The van der Waals surface area contributed by atoms with Crippen LogP contribution in [0.25, 0.3) is 5.76 Å². The van der Waals surface area contributed by atoms with Crippen molar-refractivity contribution in [3.8, 4) is 0 Å². The minimum atomic E-state index is -1.00. The Labute approximate surface area is 86.0 Å². The molecule has 0 fully saturated rings. The van der Waals surface area contributed by atoms with Gasteiger partial charge in [0.05, 0.1) is 12.9 Å². The molecule has 0 aliphatic rings. The molecular weight excluding hydrogens is 200 g/mol. The molecule has 80 valence electrons. The van der Waals surface area contributed by atoms with Crippen LogP contribution < -0.4 is 0 Å². The number of ketones is 1. The standard InChI is InChI=1S/C10H10O5/c1-2-14-10(13)8(12)6-7(11)9-4-3-5-15-9/h3-6,11H,2H2,1H3/b7-6-. The number of aliphatic hydroxyl groups is 1. The molecule has 1 rings (SSSR count). The lowest BCUT2D eigenvalue weighted by atomic mass is 10.3. The number of carbonyl (C=O) groups is 2. The number of hydrogen-bond donors (Lipinski definition) is 1. The fourth-order valence-electron chi connectivity index (χ4n) is 0.881. The fourth-order valence-corrected chi connectivity index (χ4v) is 0.881. The summed E-state index contributed by atoms with van der Waals surface area (Å²) in [6, 6.07) is 3.01. The first-order chi connectivity index (χ1) is 7.15. The van der Waals surface area contributed by atoms with Crippen molar-refractivity contribution in [2.45, 2.75) is 6.92 Å². The Balaban J connectivity index is 2.71. The molecule has 1 aromatic rings. The summed E-state index contributed by atoms with van der Waals surface area (Å²) in [7, 11) is 0. The fraction of sp³-hybridized carbons (Fsp3) is 0.200. The third kappa shape index (κ3) is 2.98. The van der Waals surface area contributed by atoms with E-state index in [1.807, 2.05) is 0 Å². The van der Waals surface area contributed by atoms with Gasteiger partial charge >= 0.3 is 5.97 Å². The van der Waals surface area contributed by atoms with Gasteiger partial charge in [-0.15, -0.1) is 0 Å². The van der Waals surface area contributed by atoms with E-state index in [2.05, 4.69) is 4.74 Å². The normalized spacial score (nSPS) is 11.1. The summed E-state index contributed by atoms with van der Waals surface area (Å²) in [6.45, 7) is 1.70. The van der Waals surface area contributed by atoms with Crippen LogP contribution in [-0.2, 0) is 14.3 Å². The maximum absolute atomic E-state index is 11.1. The molecule has 0 amide bonds. The smallest absolute Gasteiger partial charge is 0.379 e. The molecule has 0 aliphatic carbocycles. The highest BCUT2D eigenvalue weighted by Gasteiger charge is 2.14. The van der Waals surface area contributed by atoms with Gasteiger partial charge in [-0.1, -0.05) is 0 Å². The Kier molecular flexibility index (Phi) is 3.68. The molecule has 0 spiro atoms. The van der Waals surface area contributed by atoms with E-state index in [0.717, 1.165) is 6.08 Å². The van der Waals surface area contributed by atoms with Crippen LogP contribution in [0.5, 0.6) is 0 Å². The highest BCUT2D eigenvalue weighted by molar-refractivity contribution is 6.39. The first-order valence-corrected chi connectivity index (χ1v) is 4.30. The predicted octanol–water partition coefficient (Wildman–Crippen LogP) is 1.31. The molecule has 1 heterocycles. The van der Waals surface area contributed by atoms with Crippen LogP contribution in [0.3, 0.4) is 0 Å². The average Bonchev–Trinajstić information content (AvgIpc) is 2.70. The third-order valence-electron chi connectivity index (χ3n) is 1.52. The van der Waals surface area contributed by atoms with Crippen molar-refractivity contribution in [1.29, 1.82) is 0 Å². The van der Waals surface area contributed by atoms with Crippen LogP contribution in [0.1, 0.15) is 12.7 Å². The molecule has 1 aromatic heterocycles. The summed E-state index contributed by atoms with van der Waals surface area (Å²) in [4.78, 5) is 22.0. The van der Waals surface area contributed by atoms with E-state index in [-0.39, 0.29) is 12.4 Å². The van der Waals surface area contributed by atoms with E-state index in [9.17, 15) is 14.7 Å². The Bertz CT molecular complexity index is 375. The summed E-state index contributed by atoms with van der Waals surface area (Å²) < 4.78 is 9.26. The van der Waals surface area contributed by atoms with Gasteiger partial charge < -0.3 is 14.3 Å². The van der Waals surface area contributed by atoms with E-state index in [0.29, 0.717) is 0 Å². The van der Waals surface area contributed by atoms with E-state index >= 15 is 0 Å². The van der Waals surface area contributed by atoms with Crippen molar-refractivity contribution in [2.24, 2.45) is 0 Å². The van der Waals surface area contributed by atoms with Crippen molar-refractivity contribution in [1.82, 2.24) is 0 Å². The van der Waals surface area contributed by atoms with E-state index in [1.54, 1.807) is 13.0 Å². The number of hydrogen-bond acceptors (Lipinski definition) is 5. The van der Waals surface area contributed by atoms with Gasteiger partial charge in [0.2, 0.25) is 0 Å². The van der Waals surface area contributed by atoms with Gasteiger partial charge in [0.1, 0.15) is 0 Å². The number of furan rings is 1. The quantitative estimate of drug-likeness (QED) is 0.351. The average molecular weight is 210 g/mol. The lowest BCUT2D eigenvalue weighted by molar-refractivity contribution is -0.151. The van der Waals surface area contributed by atoms with Crippen molar-refractivity contribution in [3.63, 3.8) is 0 Å². The van der Waals surface area contributed by atoms with E-state index < -0.39 is 17.5 Å². The summed E-state index contributed by atoms with van der Waals surface area (Å²) in [5.41, 5.74) is 0. The Morgan fingerprint density at radius 1 is 1.60 bits per heavy atom. The zero-order valence-corrected chi connectivity index (χ0v) is 8.10. The number of carbonyl (C=O) groups excluding carboxylic acids is 2. The van der Waals surface area contributed by atoms with Gasteiger partial charge in [0.25, 0.3) is 5.78 Å². The minimum absolute atomic E-state index is 0.111. The molecule has 0 atom stereocenters. The molecule has 1 N–H and O–H groups in total. The molecular formula is C10H10O5. The second kappa shape index (κ2) is 4.99. The van der Waals surface area contributed by atoms with Gasteiger partial charge in [-0.3, -0.25) is 4.79 Å². The second-order valence-corrected chi connectivity index (χ2v) is 2.59. The van der Waals surface area contributed by atoms with Crippen LogP contribution in [0, 0.1) is 0 Å². The molecule has 0 aromatic carbocycles. The number of aliphatic hydroxyl groups excluding tert-OH is 1. The van der Waals surface area contributed by atoms with E-state index in [1.165, 1.54) is 12.3 Å². The van der Waals surface area contributed by atoms with Gasteiger partial charge in [-0.05, 0) is 19.1 Å². The number of ether oxygens (including phenoxy) is 1. The van der Waals surface area contributed by atoms with Gasteiger partial charge in [0, 0.05) is 6.08 Å². The van der Waals surface area contributed by atoms with Crippen LogP contribution in [0.2, 0.25) is 0 Å². The first-order valence-electron chi connectivity index (χ1n) is 4.30. The predicted molar refractivity (Wildman–Crippen MR) is 51.0 cm³/mol.